The van der Waals surface area contributed by atoms with Crippen LogP contribution in [0.2, 0.25) is 0 Å². The van der Waals surface area contributed by atoms with E-state index in [2.05, 4.69) is 46.3 Å². The number of nitrogens with zero attached hydrogens (tertiary/aromatic N) is 3. The first-order valence-electron chi connectivity index (χ1n) is 9.70. The van der Waals surface area contributed by atoms with Crippen LogP contribution in [0.15, 0.2) is 24.3 Å². The molecule has 2 aliphatic rings. The van der Waals surface area contributed by atoms with Crippen molar-refractivity contribution in [2.75, 3.05) is 50.7 Å². The minimum Gasteiger partial charge on any atom is -0.369 e. The van der Waals surface area contributed by atoms with Crippen LogP contribution in [0.1, 0.15) is 25.3 Å². The molecule has 2 saturated heterocycles. The normalized spacial score (nSPS) is 22.1. The molecule has 2 aliphatic heterocycles. The number of hydrogen-bond donors (Lipinski definition) is 1. The van der Waals surface area contributed by atoms with Gasteiger partial charge < -0.3 is 15.1 Å². The molecule has 0 unspecified atom stereocenters. The second-order valence-electron chi connectivity index (χ2n) is 7.15. The Morgan fingerprint density at radius 1 is 1.15 bits per heavy atom. The largest absolute Gasteiger partial charge is 0.369 e. The number of likely N-dealkylation sites (N-methyl/N-ethyl adjacent to an activating group) is 1. The number of carbonyl (C=O) groups excluding carboxylic acids is 2. The van der Waals surface area contributed by atoms with Crippen LogP contribution in [0.5, 0.6) is 0 Å². The lowest BCUT2D eigenvalue weighted by Gasteiger charge is -2.34. The predicted molar refractivity (Wildman–Crippen MR) is 103 cm³/mol. The second-order valence-corrected chi connectivity index (χ2v) is 7.15. The van der Waals surface area contributed by atoms with Gasteiger partial charge in [0.25, 0.3) is 0 Å². The van der Waals surface area contributed by atoms with Crippen molar-refractivity contribution < 1.29 is 9.59 Å². The summed E-state index contributed by atoms with van der Waals surface area (Å²) in [5.41, 5.74) is 2.52. The van der Waals surface area contributed by atoms with E-state index >= 15 is 0 Å². The fourth-order valence-electron chi connectivity index (χ4n) is 3.98. The molecule has 6 heteroatoms. The van der Waals surface area contributed by atoms with Gasteiger partial charge in [-0.1, -0.05) is 25.1 Å². The van der Waals surface area contributed by atoms with Gasteiger partial charge in [-0.05, 0) is 31.5 Å². The molecule has 3 rings (SSSR count). The van der Waals surface area contributed by atoms with E-state index in [4.69, 9.17) is 0 Å². The number of aryl methyl sites for hydroxylation is 1. The molecule has 6 nitrogen and oxygen atoms in total. The van der Waals surface area contributed by atoms with E-state index in [0.717, 1.165) is 39.1 Å². The minimum atomic E-state index is -0.322. The van der Waals surface area contributed by atoms with Gasteiger partial charge in [0.15, 0.2) is 0 Å². The van der Waals surface area contributed by atoms with Gasteiger partial charge in [0.2, 0.25) is 11.8 Å². The Bertz CT molecular complexity index is 648. The third-order valence-electron chi connectivity index (χ3n) is 5.52. The molecule has 1 atom stereocenters. The number of benzene rings is 1. The third-order valence-corrected chi connectivity index (χ3v) is 5.52. The number of nitrogens with one attached hydrogen (secondary N) is 1. The molecule has 2 heterocycles. The zero-order valence-electron chi connectivity index (χ0n) is 15.9. The van der Waals surface area contributed by atoms with Gasteiger partial charge in [0.1, 0.15) is 0 Å². The van der Waals surface area contributed by atoms with Crippen molar-refractivity contribution in [2.45, 2.75) is 32.7 Å². The van der Waals surface area contributed by atoms with E-state index in [1.165, 1.54) is 11.3 Å². The third kappa shape index (κ3) is 4.18. The summed E-state index contributed by atoms with van der Waals surface area (Å²) in [7, 11) is 0. The van der Waals surface area contributed by atoms with Crippen LogP contribution < -0.4 is 10.2 Å². The van der Waals surface area contributed by atoms with Crippen LogP contribution in [0.4, 0.5) is 5.69 Å². The summed E-state index contributed by atoms with van der Waals surface area (Å²) in [6.45, 7) is 9.74. The van der Waals surface area contributed by atoms with Crippen LogP contribution in [-0.2, 0) is 9.59 Å². The topological polar surface area (TPSA) is 55.9 Å². The quantitative estimate of drug-likeness (QED) is 0.880. The average molecular weight is 358 g/mol. The van der Waals surface area contributed by atoms with Gasteiger partial charge in [0.05, 0.1) is 12.5 Å². The highest BCUT2D eigenvalue weighted by Gasteiger charge is 2.32. The van der Waals surface area contributed by atoms with Crippen LogP contribution >= 0.6 is 0 Å². The first-order chi connectivity index (χ1) is 12.6. The molecule has 0 saturated carbocycles. The Morgan fingerprint density at radius 2 is 1.96 bits per heavy atom. The Morgan fingerprint density at radius 3 is 2.73 bits per heavy atom. The monoisotopic (exact) mass is 358 g/mol. The van der Waals surface area contributed by atoms with Crippen molar-refractivity contribution in [3.8, 4) is 0 Å². The first-order valence-corrected chi connectivity index (χ1v) is 9.70. The van der Waals surface area contributed by atoms with Gasteiger partial charge in [-0.3, -0.25) is 14.5 Å². The Hall–Kier alpha value is -2.08. The Kier molecular flexibility index (Phi) is 6.14. The fraction of sp³-hybridized carbons (Fsp3) is 0.600. The minimum absolute atomic E-state index is 0.0113. The van der Waals surface area contributed by atoms with Gasteiger partial charge in [0, 0.05) is 45.0 Å². The van der Waals surface area contributed by atoms with Crippen molar-refractivity contribution in [3.05, 3.63) is 29.8 Å². The summed E-state index contributed by atoms with van der Waals surface area (Å²) in [4.78, 5) is 31.4. The molecule has 1 aromatic rings. The van der Waals surface area contributed by atoms with Gasteiger partial charge in [-0.15, -0.1) is 0 Å². The number of hydrogen-bond acceptors (Lipinski definition) is 4. The maximum absolute atomic E-state index is 12.8. The molecule has 2 amide bonds. The predicted octanol–water partition coefficient (Wildman–Crippen LogP) is 1.24. The zero-order chi connectivity index (χ0) is 18.5. The molecule has 26 heavy (non-hydrogen) atoms. The smallest absolute Gasteiger partial charge is 0.237 e. The molecular weight excluding hydrogens is 328 g/mol. The molecule has 0 bridgehead atoms. The molecule has 0 aromatic heterocycles. The number of para-hydroxylation sites is 1. The summed E-state index contributed by atoms with van der Waals surface area (Å²) >= 11 is 0. The maximum atomic E-state index is 12.8. The lowest BCUT2D eigenvalue weighted by molar-refractivity contribution is -0.138. The van der Waals surface area contributed by atoms with Crippen molar-refractivity contribution >= 4 is 17.5 Å². The van der Waals surface area contributed by atoms with Crippen LogP contribution in [0.3, 0.4) is 0 Å². The van der Waals surface area contributed by atoms with E-state index in [0.29, 0.717) is 13.1 Å². The van der Waals surface area contributed by atoms with Crippen LogP contribution in [0.25, 0.3) is 0 Å². The molecule has 1 aromatic carbocycles. The van der Waals surface area contributed by atoms with Crippen LogP contribution in [-0.4, -0.2) is 73.5 Å². The lowest BCUT2D eigenvalue weighted by Crippen LogP contribution is -2.56. The van der Waals surface area contributed by atoms with E-state index < -0.39 is 0 Å². The van der Waals surface area contributed by atoms with E-state index in [1.807, 2.05) is 11.8 Å². The number of amides is 2. The fourth-order valence-corrected chi connectivity index (χ4v) is 3.98. The number of carbonyl (C=O) groups is 2. The van der Waals surface area contributed by atoms with Crippen molar-refractivity contribution in [3.63, 3.8) is 0 Å². The number of anilines is 1. The first kappa shape index (κ1) is 18.7. The summed E-state index contributed by atoms with van der Waals surface area (Å²) in [6, 6.07) is 8.08. The lowest BCUT2D eigenvalue weighted by atomic mass is 10.1. The molecule has 0 radical (unpaired) electrons. The molecule has 0 aliphatic carbocycles. The van der Waals surface area contributed by atoms with Crippen LogP contribution in [0, 0.1) is 6.92 Å². The summed E-state index contributed by atoms with van der Waals surface area (Å²) < 4.78 is 0. The summed E-state index contributed by atoms with van der Waals surface area (Å²) in [5.74, 6) is 0.0833. The van der Waals surface area contributed by atoms with Crippen molar-refractivity contribution in [2.24, 2.45) is 0 Å². The molecule has 2 fully saturated rings. The van der Waals surface area contributed by atoms with Gasteiger partial charge in [-0.25, -0.2) is 0 Å². The van der Waals surface area contributed by atoms with Gasteiger partial charge in [-0.2, -0.15) is 0 Å². The van der Waals surface area contributed by atoms with E-state index in [1.54, 1.807) is 0 Å². The summed E-state index contributed by atoms with van der Waals surface area (Å²) in [6.07, 6.45) is 1.23. The molecule has 0 spiro atoms. The highest BCUT2D eigenvalue weighted by molar-refractivity contribution is 5.88. The highest BCUT2D eigenvalue weighted by Crippen LogP contribution is 2.21. The maximum Gasteiger partial charge on any atom is 0.237 e. The number of rotatable bonds is 4. The van der Waals surface area contributed by atoms with Crippen molar-refractivity contribution in [1.29, 1.82) is 0 Å². The molecule has 1 N–H and O–H groups in total. The Balaban J connectivity index is 1.61. The van der Waals surface area contributed by atoms with Gasteiger partial charge >= 0.3 is 0 Å². The molecular formula is C20H30N4O2. The highest BCUT2D eigenvalue weighted by atomic mass is 16.2. The SMILES string of the molecule is CCN1CCNC(=O)[C@@H]1CC(=O)N1CCCN(c2ccccc2C)CC1. The van der Waals surface area contributed by atoms with E-state index in [-0.39, 0.29) is 24.3 Å². The summed E-state index contributed by atoms with van der Waals surface area (Å²) in [5, 5.41) is 2.89. The average Bonchev–Trinajstić information content (AvgIpc) is 2.90. The molecule has 142 valence electrons. The second kappa shape index (κ2) is 8.54. The standard InChI is InChI=1S/C20H30N4O2/c1-3-22-12-9-21-20(26)18(22)15-19(25)24-11-6-10-23(13-14-24)17-8-5-4-7-16(17)2/h4-5,7-8,18H,3,6,9-15H2,1-2H3,(H,21,26)/t18-/m0/s1. The Labute approximate surface area is 156 Å². The van der Waals surface area contributed by atoms with E-state index in [9.17, 15) is 9.59 Å². The van der Waals surface area contributed by atoms with Crippen molar-refractivity contribution in [1.82, 2.24) is 15.1 Å². The number of piperazine rings is 1. The zero-order valence-corrected chi connectivity index (χ0v) is 15.9.